The number of pyridine rings is 3. The van der Waals surface area contributed by atoms with Gasteiger partial charge in [-0.3, -0.25) is 15.0 Å². The van der Waals surface area contributed by atoms with Crippen LogP contribution in [-0.4, -0.2) is 44.6 Å². The number of hydrogen-bond donors (Lipinski definition) is 2. The summed E-state index contributed by atoms with van der Waals surface area (Å²) >= 11 is 0. The molecule has 0 aromatic carbocycles. The van der Waals surface area contributed by atoms with Gasteiger partial charge in [0.25, 0.3) is 0 Å². The first-order valence-corrected chi connectivity index (χ1v) is 8.96. The maximum absolute atomic E-state index is 7.59. The average Bonchev–Trinajstić information content (AvgIpc) is 2.78. The fraction of sp³-hybridized carbons (Fsp3) is 0.0952. The Bertz CT molecular complexity index is 1170. The van der Waals surface area contributed by atoms with Gasteiger partial charge in [-0.25, -0.2) is 4.98 Å². The Hall–Kier alpha value is -4.07. The number of rotatable bonds is 6. The quantitative estimate of drug-likeness (QED) is 0.492. The first kappa shape index (κ1) is 18.3. The molecule has 1 atom stereocenters. The standard InChI is InChI=1S/C21H18N8/c1-23-11-17(10-22)15-8-19-18(25-12-15)2-3-20(27-19)28-21-9-16(13-26-29-21)14-4-6-24-7-5-14/h2-13,17,22H,1H3,(H,27,28,29). The van der Waals surface area contributed by atoms with Gasteiger partial charge in [-0.2, -0.15) is 5.10 Å². The molecule has 0 aliphatic heterocycles. The average molecular weight is 382 g/mol. The fourth-order valence-electron chi connectivity index (χ4n) is 2.92. The Labute approximate surface area is 167 Å². The number of fused-ring (bicyclic) bond motifs is 1. The van der Waals surface area contributed by atoms with Gasteiger partial charge < -0.3 is 10.7 Å². The van der Waals surface area contributed by atoms with Crippen LogP contribution in [0.25, 0.3) is 22.2 Å². The number of nitrogens with one attached hydrogen (secondary N) is 2. The molecule has 29 heavy (non-hydrogen) atoms. The second-order valence-corrected chi connectivity index (χ2v) is 6.29. The highest BCUT2D eigenvalue weighted by atomic mass is 15.2. The molecule has 4 aromatic heterocycles. The summed E-state index contributed by atoms with van der Waals surface area (Å²) in [5.74, 6) is 0.997. The summed E-state index contributed by atoms with van der Waals surface area (Å²) in [6.07, 6.45) is 9.97. The SMILES string of the molecule is CN=CC(C=N)c1cnc2ccc(Nc3cc(-c4ccncc4)cnn3)nc2c1. The first-order chi connectivity index (χ1) is 14.3. The minimum absolute atomic E-state index is 0.224. The number of aromatic nitrogens is 5. The molecule has 1 unspecified atom stereocenters. The number of aliphatic imine (C=N–C) groups is 1. The minimum Gasteiger partial charge on any atom is -0.323 e. The monoisotopic (exact) mass is 382 g/mol. The molecule has 0 bridgehead atoms. The summed E-state index contributed by atoms with van der Waals surface area (Å²) in [6, 6.07) is 11.4. The zero-order chi connectivity index (χ0) is 20.1. The predicted molar refractivity (Wildman–Crippen MR) is 114 cm³/mol. The van der Waals surface area contributed by atoms with E-state index in [4.69, 9.17) is 5.41 Å². The van der Waals surface area contributed by atoms with Gasteiger partial charge in [0.1, 0.15) is 5.82 Å². The van der Waals surface area contributed by atoms with Crippen LogP contribution in [0.2, 0.25) is 0 Å². The van der Waals surface area contributed by atoms with Crippen molar-refractivity contribution in [2.45, 2.75) is 5.92 Å². The summed E-state index contributed by atoms with van der Waals surface area (Å²) in [5, 5.41) is 19.0. The van der Waals surface area contributed by atoms with Gasteiger partial charge in [-0.15, -0.1) is 5.10 Å². The zero-order valence-electron chi connectivity index (χ0n) is 15.7. The van der Waals surface area contributed by atoms with E-state index in [-0.39, 0.29) is 5.92 Å². The molecule has 4 rings (SSSR count). The zero-order valence-corrected chi connectivity index (χ0v) is 15.7. The Morgan fingerprint density at radius 2 is 1.86 bits per heavy atom. The smallest absolute Gasteiger partial charge is 0.154 e. The van der Waals surface area contributed by atoms with Gasteiger partial charge in [-0.05, 0) is 47.5 Å². The number of nitrogens with zero attached hydrogens (tertiary/aromatic N) is 6. The van der Waals surface area contributed by atoms with Crippen LogP contribution < -0.4 is 5.32 Å². The molecule has 0 aliphatic rings. The summed E-state index contributed by atoms with van der Waals surface area (Å²) in [6.45, 7) is 0. The largest absolute Gasteiger partial charge is 0.323 e. The van der Waals surface area contributed by atoms with E-state index in [0.29, 0.717) is 11.6 Å². The number of hydrogen-bond acceptors (Lipinski definition) is 8. The van der Waals surface area contributed by atoms with E-state index in [1.807, 2.05) is 36.4 Å². The Morgan fingerprint density at radius 3 is 2.66 bits per heavy atom. The Balaban J connectivity index is 1.64. The van der Waals surface area contributed by atoms with Crippen molar-refractivity contribution in [2.75, 3.05) is 12.4 Å². The topological polar surface area (TPSA) is 113 Å². The van der Waals surface area contributed by atoms with Crippen LogP contribution in [0, 0.1) is 5.41 Å². The highest BCUT2D eigenvalue weighted by molar-refractivity contribution is 5.90. The molecule has 0 amide bonds. The molecule has 2 N–H and O–H groups in total. The van der Waals surface area contributed by atoms with E-state index in [1.54, 1.807) is 38.0 Å². The molecule has 0 spiro atoms. The highest BCUT2D eigenvalue weighted by Crippen LogP contribution is 2.23. The van der Waals surface area contributed by atoms with Crippen molar-refractivity contribution in [3.05, 3.63) is 66.7 Å². The Kier molecular flexibility index (Phi) is 5.24. The van der Waals surface area contributed by atoms with Crippen molar-refractivity contribution in [2.24, 2.45) is 4.99 Å². The summed E-state index contributed by atoms with van der Waals surface area (Å²) < 4.78 is 0. The lowest BCUT2D eigenvalue weighted by molar-refractivity contribution is 1.03. The summed E-state index contributed by atoms with van der Waals surface area (Å²) in [4.78, 5) is 17.1. The predicted octanol–water partition coefficient (Wildman–Crippen LogP) is 3.66. The van der Waals surface area contributed by atoms with E-state index in [9.17, 15) is 0 Å². The third-order valence-electron chi connectivity index (χ3n) is 4.36. The Morgan fingerprint density at radius 1 is 1.00 bits per heavy atom. The molecule has 8 heteroatoms. The lowest BCUT2D eigenvalue weighted by atomic mass is 10.0. The van der Waals surface area contributed by atoms with Crippen molar-refractivity contribution >= 4 is 35.1 Å². The van der Waals surface area contributed by atoms with E-state index < -0.39 is 0 Å². The molecule has 8 nitrogen and oxygen atoms in total. The third-order valence-corrected chi connectivity index (χ3v) is 4.36. The van der Waals surface area contributed by atoms with Gasteiger partial charge >= 0.3 is 0 Å². The minimum atomic E-state index is -0.224. The second-order valence-electron chi connectivity index (χ2n) is 6.29. The summed E-state index contributed by atoms with van der Waals surface area (Å²) in [5.41, 5.74) is 4.30. The molecule has 0 radical (unpaired) electrons. The van der Waals surface area contributed by atoms with Gasteiger partial charge in [0, 0.05) is 43.6 Å². The van der Waals surface area contributed by atoms with E-state index >= 15 is 0 Å². The van der Waals surface area contributed by atoms with Crippen molar-refractivity contribution in [1.82, 2.24) is 25.1 Å². The van der Waals surface area contributed by atoms with Crippen LogP contribution in [-0.2, 0) is 0 Å². The lowest BCUT2D eigenvalue weighted by Gasteiger charge is -2.09. The molecule has 4 heterocycles. The van der Waals surface area contributed by atoms with E-state index in [0.717, 1.165) is 27.7 Å². The van der Waals surface area contributed by atoms with Gasteiger partial charge in [0.2, 0.25) is 0 Å². The van der Waals surface area contributed by atoms with E-state index in [1.165, 1.54) is 6.21 Å². The second kappa shape index (κ2) is 8.30. The molecule has 0 saturated carbocycles. The molecule has 0 saturated heterocycles. The van der Waals surface area contributed by atoms with Crippen molar-refractivity contribution in [1.29, 1.82) is 5.41 Å². The van der Waals surface area contributed by atoms with Crippen LogP contribution in [0.3, 0.4) is 0 Å². The van der Waals surface area contributed by atoms with Gasteiger partial charge in [0.15, 0.2) is 5.82 Å². The fourth-order valence-corrected chi connectivity index (χ4v) is 2.92. The molecule has 0 aliphatic carbocycles. The van der Waals surface area contributed by atoms with Crippen molar-refractivity contribution < 1.29 is 0 Å². The number of anilines is 2. The van der Waals surface area contributed by atoms with Crippen LogP contribution in [0.15, 0.2) is 66.2 Å². The summed E-state index contributed by atoms with van der Waals surface area (Å²) in [7, 11) is 1.69. The maximum atomic E-state index is 7.59. The van der Waals surface area contributed by atoms with Crippen LogP contribution in [0.5, 0.6) is 0 Å². The molecular formula is C21H18N8. The first-order valence-electron chi connectivity index (χ1n) is 8.96. The van der Waals surface area contributed by atoms with Crippen LogP contribution in [0.1, 0.15) is 11.5 Å². The van der Waals surface area contributed by atoms with E-state index in [2.05, 4.69) is 35.5 Å². The van der Waals surface area contributed by atoms with Gasteiger partial charge in [-0.1, -0.05) is 0 Å². The normalized spacial score (nSPS) is 12.2. The van der Waals surface area contributed by atoms with Gasteiger partial charge in [0.05, 0.1) is 23.1 Å². The van der Waals surface area contributed by atoms with Crippen molar-refractivity contribution in [3.63, 3.8) is 0 Å². The maximum Gasteiger partial charge on any atom is 0.154 e. The molecule has 0 fully saturated rings. The van der Waals surface area contributed by atoms with Crippen molar-refractivity contribution in [3.8, 4) is 11.1 Å². The molecule has 142 valence electrons. The highest BCUT2D eigenvalue weighted by Gasteiger charge is 2.09. The van der Waals surface area contributed by atoms with Crippen LogP contribution >= 0.6 is 0 Å². The molecule has 4 aromatic rings. The third kappa shape index (κ3) is 4.11. The van der Waals surface area contributed by atoms with Crippen LogP contribution in [0.4, 0.5) is 11.6 Å². The molecular weight excluding hydrogens is 364 g/mol. The lowest BCUT2D eigenvalue weighted by Crippen LogP contribution is -2.03.